The molecular weight excluding hydrogens is 294 g/mol. The van der Waals surface area contributed by atoms with E-state index < -0.39 is 0 Å². The van der Waals surface area contributed by atoms with Crippen LogP contribution < -0.4 is 4.74 Å². The number of hydrogen-bond acceptors (Lipinski definition) is 3. The summed E-state index contributed by atoms with van der Waals surface area (Å²) in [6.07, 6.45) is 3.02. The molecule has 1 fully saturated rings. The Bertz CT molecular complexity index is 560. The highest BCUT2D eigenvalue weighted by molar-refractivity contribution is 9.09. The van der Waals surface area contributed by atoms with Gasteiger partial charge in [0.25, 0.3) is 0 Å². The van der Waals surface area contributed by atoms with Crippen LogP contribution in [0.25, 0.3) is 10.9 Å². The zero-order valence-electron chi connectivity index (χ0n) is 10.0. The lowest BCUT2D eigenvalue weighted by Gasteiger charge is -2.40. The van der Waals surface area contributed by atoms with E-state index in [-0.39, 0.29) is 12.2 Å². The van der Waals surface area contributed by atoms with Gasteiger partial charge in [-0.05, 0) is 18.2 Å². The number of ether oxygens (including phenoxy) is 2. The molecule has 3 atom stereocenters. The van der Waals surface area contributed by atoms with Crippen molar-refractivity contribution in [2.24, 2.45) is 0 Å². The summed E-state index contributed by atoms with van der Waals surface area (Å²) in [5, 5.41) is 1.13. The summed E-state index contributed by atoms with van der Waals surface area (Å²) in [6, 6.07) is 9.97. The SMILES string of the molecule is COC1C(Br)CC1Oc1ccc2cccnc2c1. The standard InChI is InChI=1S/C14H14BrNO2/c1-17-14-11(15)8-13(14)18-10-5-4-9-3-2-6-16-12(9)7-10/h2-7,11,13-14H,8H2,1H3. The van der Waals surface area contributed by atoms with Crippen molar-refractivity contribution in [1.82, 2.24) is 4.98 Å². The summed E-state index contributed by atoms with van der Waals surface area (Å²) in [7, 11) is 1.72. The van der Waals surface area contributed by atoms with E-state index in [4.69, 9.17) is 9.47 Å². The van der Waals surface area contributed by atoms with Gasteiger partial charge in [-0.3, -0.25) is 4.98 Å². The second-order valence-corrected chi connectivity index (χ2v) is 5.64. The first-order chi connectivity index (χ1) is 8.78. The lowest BCUT2D eigenvalue weighted by atomic mass is 9.91. The van der Waals surface area contributed by atoms with Crippen LogP contribution in [0.4, 0.5) is 0 Å². The average Bonchev–Trinajstić information content (AvgIpc) is 2.38. The van der Waals surface area contributed by atoms with Gasteiger partial charge in [-0.15, -0.1) is 0 Å². The van der Waals surface area contributed by atoms with Crippen molar-refractivity contribution in [1.29, 1.82) is 0 Å². The summed E-state index contributed by atoms with van der Waals surface area (Å²) in [5.74, 6) is 0.854. The lowest BCUT2D eigenvalue weighted by Crippen LogP contribution is -2.51. The van der Waals surface area contributed by atoms with Gasteiger partial charge in [0.05, 0.1) is 5.52 Å². The molecule has 0 amide bonds. The van der Waals surface area contributed by atoms with Crippen LogP contribution in [0.3, 0.4) is 0 Å². The predicted molar refractivity (Wildman–Crippen MR) is 74.3 cm³/mol. The van der Waals surface area contributed by atoms with E-state index in [1.54, 1.807) is 13.3 Å². The molecule has 0 bridgehead atoms. The van der Waals surface area contributed by atoms with Gasteiger partial charge >= 0.3 is 0 Å². The minimum atomic E-state index is 0.125. The first kappa shape index (κ1) is 11.9. The van der Waals surface area contributed by atoms with Gasteiger partial charge in [0.15, 0.2) is 0 Å². The minimum Gasteiger partial charge on any atom is -0.488 e. The maximum Gasteiger partial charge on any atom is 0.127 e. The molecule has 1 aromatic heterocycles. The third kappa shape index (κ3) is 2.10. The molecule has 0 spiro atoms. The van der Waals surface area contributed by atoms with Crippen molar-refractivity contribution in [2.45, 2.75) is 23.5 Å². The topological polar surface area (TPSA) is 31.4 Å². The van der Waals surface area contributed by atoms with Gasteiger partial charge in [-0.2, -0.15) is 0 Å². The van der Waals surface area contributed by atoms with E-state index in [0.29, 0.717) is 4.83 Å². The van der Waals surface area contributed by atoms with Gasteiger partial charge in [0, 0.05) is 36.0 Å². The number of benzene rings is 1. The van der Waals surface area contributed by atoms with Crippen molar-refractivity contribution in [3.8, 4) is 5.75 Å². The van der Waals surface area contributed by atoms with Gasteiger partial charge in [0.1, 0.15) is 18.0 Å². The number of hydrogen-bond donors (Lipinski definition) is 0. The van der Waals surface area contributed by atoms with Crippen molar-refractivity contribution in [3.05, 3.63) is 36.5 Å². The van der Waals surface area contributed by atoms with Crippen LogP contribution in [0.1, 0.15) is 6.42 Å². The fourth-order valence-electron chi connectivity index (χ4n) is 2.24. The number of halogens is 1. The zero-order chi connectivity index (χ0) is 12.5. The monoisotopic (exact) mass is 307 g/mol. The fraction of sp³-hybridized carbons (Fsp3) is 0.357. The Morgan fingerprint density at radius 3 is 3.00 bits per heavy atom. The van der Waals surface area contributed by atoms with Gasteiger partial charge in [-0.1, -0.05) is 22.0 Å². The molecule has 1 saturated carbocycles. The molecule has 0 radical (unpaired) electrons. The predicted octanol–water partition coefficient (Wildman–Crippen LogP) is 3.16. The number of methoxy groups -OCH3 is 1. The third-order valence-electron chi connectivity index (χ3n) is 3.32. The van der Waals surface area contributed by atoms with E-state index in [2.05, 4.69) is 20.9 Å². The van der Waals surface area contributed by atoms with Crippen LogP contribution in [-0.4, -0.2) is 29.1 Å². The lowest BCUT2D eigenvalue weighted by molar-refractivity contribution is -0.0544. The number of aromatic nitrogens is 1. The molecule has 1 heterocycles. The minimum absolute atomic E-state index is 0.125. The van der Waals surface area contributed by atoms with Gasteiger partial charge in [-0.25, -0.2) is 0 Å². The Morgan fingerprint density at radius 2 is 2.22 bits per heavy atom. The van der Waals surface area contributed by atoms with Crippen LogP contribution in [-0.2, 0) is 4.74 Å². The molecule has 2 aromatic rings. The molecule has 4 heteroatoms. The molecule has 0 saturated heterocycles. The zero-order valence-corrected chi connectivity index (χ0v) is 11.6. The third-order valence-corrected chi connectivity index (χ3v) is 4.21. The van der Waals surface area contributed by atoms with E-state index in [1.807, 2.05) is 30.3 Å². The second kappa shape index (κ2) is 4.86. The Labute approximate surface area is 114 Å². The highest BCUT2D eigenvalue weighted by Crippen LogP contribution is 2.34. The van der Waals surface area contributed by atoms with Crippen LogP contribution in [0.15, 0.2) is 36.5 Å². The Kier molecular flexibility index (Phi) is 3.22. The smallest absolute Gasteiger partial charge is 0.127 e. The number of pyridine rings is 1. The van der Waals surface area contributed by atoms with Gasteiger partial charge in [0.2, 0.25) is 0 Å². The maximum atomic E-state index is 5.94. The van der Waals surface area contributed by atoms with E-state index >= 15 is 0 Å². The number of nitrogens with zero attached hydrogens (tertiary/aromatic N) is 1. The normalized spacial score (nSPS) is 26.9. The van der Waals surface area contributed by atoms with Crippen LogP contribution in [0, 0.1) is 0 Å². The number of rotatable bonds is 3. The fourth-order valence-corrected chi connectivity index (χ4v) is 3.16. The van der Waals surface area contributed by atoms with Crippen LogP contribution >= 0.6 is 15.9 Å². The highest BCUT2D eigenvalue weighted by atomic mass is 79.9. The molecule has 94 valence electrons. The molecule has 0 aliphatic heterocycles. The van der Waals surface area contributed by atoms with Crippen molar-refractivity contribution in [2.75, 3.05) is 7.11 Å². The Morgan fingerprint density at radius 1 is 1.33 bits per heavy atom. The molecule has 3 nitrogen and oxygen atoms in total. The molecule has 1 aliphatic carbocycles. The molecule has 18 heavy (non-hydrogen) atoms. The van der Waals surface area contributed by atoms with Crippen LogP contribution in [0.5, 0.6) is 5.75 Å². The molecule has 3 rings (SSSR count). The second-order valence-electron chi connectivity index (χ2n) is 4.47. The Hall–Kier alpha value is -1.13. The van der Waals surface area contributed by atoms with E-state index in [9.17, 15) is 0 Å². The van der Waals surface area contributed by atoms with Crippen molar-refractivity contribution < 1.29 is 9.47 Å². The number of fused-ring (bicyclic) bond motifs is 1. The molecule has 0 N–H and O–H groups in total. The summed E-state index contributed by atoms with van der Waals surface area (Å²) in [4.78, 5) is 4.72. The van der Waals surface area contributed by atoms with Crippen LogP contribution in [0.2, 0.25) is 0 Å². The van der Waals surface area contributed by atoms with Gasteiger partial charge < -0.3 is 9.47 Å². The first-order valence-electron chi connectivity index (χ1n) is 5.96. The summed E-state index contributed by atoms with van der Waals surface area (Å²) < 4.78 is 11.3. The quantitative estimate of drug-likeness (QED) is 0.816. The van der Waals surface area contributed by atoms with E-state index in [1.165, 1.54) is 0 Å². The highest BCUT2D eigenvalue weighted by Gasteiger charge is 2.41. The molecule has 1 aliphatic rings. The summed E-state index contributed by atoms with van der Waals surface area (Å²) in [6.45, 7) is 0. The maximum absolute atomic E-state index is 5.94. The largest absolute Gasteiger partial charge is 0.488 e. The van der Waals surface area contributed by atoms with Crippen molar-refractivity contribution >= 4 is 26.8 Å². The van der Waals surface area contributed by atoms with E-state index in [0.717, 1.165) is 23.1 Å². The average molecular weight is 308 g/mol. The molecule has 3 unspecified atom stereocenters. The summed E-state index contributed by atoms with van der Waals surface area (Å²) >= 11 is 3.56. The number of alkyl halides is 1. The van der Waals surface area contributed by atoms with Crippen molar-refractivity contribution in [3.63, 3.8) is 0 Å². The molecule has 1 aromatic carbocycles. The Balaban J connectivity index is 1.79. The molecular formula is C14H14BrNO2. The summed E-state index contributed by atoms with van der Waals surface area (Å²) in [5.41, 5.74) is 0.957. The first-order valence-corrected chi connectivity index (χ1v) is 6.88.